The minimum Gasteiger partial charge on any atom is -0.399 e. The van der Waals surface area contributed by atoms with E-state index in [0.717, 1.165) is 0 Å². The Labute approximate surface area is 114 Å². The van der Waals surface area contributed by atoms with Crippen LogP contribution < -0.4 is 5.46 Å². The second kappa shape index (κ2) is 4.56. The molecule has 1 aliphatic heterocycles. The lowest BCUT2D eigenvalue weighted by atomic mass is 9.79. The van der Waals surface area contributed by atoms with Gasteiger partial charge >= 0.3 is 7.12 Å². The van der Waals surface area contributed by atoms with Gasteiger partial charge in [-0.3, -0.25) is 0 Å². The summed E-state index contributed by atoms with van der Waals surface area (Å²) in [5.74, 6) is -0.326. The zero-order valence-corrected chi connectivity index (χ0v) is 12.5. The summed E-state index contributed by atoms with van der Waals surface area (Å²) in [7, 11) is -0.542. The fourth-order valence-electron chi connectivity index (χ4n) is 1.95. The van der Waals surface area contributed by atoms with Crippen molar-refractivity contribution in [1.82, 2.24) is 4.98 Å². The van der Waals surface area contributed by atoms with Crippen LogP contribution in [0.5, 0.6) is 0 Å². The Hall–Kier alpha value is -0.935. The standard InChI is InChI=1S/C14H21BFNO2/c1-9(2)11-7-10(8-12(16)17-11)15-18-13(3,4)14(5,6)19-15/h7-9H,1-6H3. The largest absolute Gasteiger partial charge is 0.495 e. The Balaban J connectivity index is 2.34. The van der Waals surface area contributed by atoms with E-state index in [1.54, 1.807) is 0 Å². The monoisotopic (exact) mass is 265 g/mol. The van der Waals surface area contributed by atoms with Gasteiger partial charge in [0.2, 0.25) is 5.95 Å². The molecule has 3 nitrogen and oxygen atoms in total. The van der Waals surface area contributed by atoms with Crippen molar-refractivity contribution in [1.29, 1.82) is 0 Å². The zero-order chi connectivity index (χ0) is 14.4. The van der Waals surface area contributed by atoms with E-state index in [9.17, 15) is 4.39 Å². The van der Waals surface area contributed by atoms with Crippen molar-refractivity contribution in [2.45, 2.75) is 58.7 Å². The summed E-state index contributed by atoms with van der Waals surface area (Å²) < 4.78 is 25.5. The Bertz CT molecular complexity index is 472. The van der Waals surface area contributed by atoms with Crippen molar-refractivity contribution in [2.24, 2.45) is 0 Å². The first-order chi connectivity index (χ1) is 8.62. The predicted molar refractivity (Wildman–Crippen MR) is 74.0 cm³/mol. The molecular weight excluding hydrogens is 244 g/mol. The molecule has 0 saturated carbocycles. The molecule has 0 spiro atoms. The van der Waals surface area contributed by atoms with Crippen LogP contribution in [-0.2, 0) is 9.31 Å². The third-order valence-electron chi connectivity index (χ3n) is 3.95. The van der Waals surface area contributed by atoms with Gasteiger partial charge in [0, 0.05) is 5.69 Å². The predicted octanol–water partition coefficient (Wildman–Crippen LogP) is 2.64. The van der Waals surface area contributed by atoms with Crippen LogP contribution in [0.2, 0.25) is 0 Å². The van der Waals surface area contributed by atoms with Gasteiger partial charge in [-0.15, -0.1) is 0 Å². The molecular formula is C14H21BFNO2. The van der Waals surface area contributed by atoms with Crippen molar-refractivity contribution in [3.05, 3.63) is 23.8 Å². The van der Waals surface area contributed by atoms with Gasteiger partial charge in [-0.2, -0.15) is 4.39 Å². The second-order valence-electron chi connectivity index (χ2n) is 6.39. The molecule has 1 aromatic rings. The van der Waals surface area contributed by atoms with E-state index in [2.05, 4.69) is 4.98 Å². The molecule has 19 heavy (non-hydrogen) atoms. The maximum Gasteiger partial charge on any atom is 0.495 e. The van der Waals surface area contributed by atoms with Crippen LogP contribution in [0, 0.1) is 5.95 Å². The normalized spacial score (nSPS) is 21.2. The molecule has 0 radical (unpaired) electrons. The Kier molecular flexibility index (Phi) is 3.48. The highest BCUT2D eigenvalue weighted by Gasteiger charge is 2.51. The molecule has 0 unspecified atom stereocenters. The van der Waals surface area contributed by atoms with Crippen LogP contribution in [0.25, 0.3) is 0 Å². The maximum atomic E-state index is 13.6. The average molecular weight is 265 g/mol. The molecule has 2 heterocycles. The molecule has 0 aromatic carbocycles. The lowest BCUT2D eigenvalue weighted by Crippen LogP contribution is -2.41. The van der Waals surface area contributed by atoms with E-state index in [1.807, 2.05) is 47.6 Å². The first-order valence-corrected chi connectivity index (χ1v) is 6.65. The Morgan fingerprint density at radius 3 is 2.11 bits per heavy atom. The maximum absolute atomic E-state index is 13.6. The van der Waals surface area contributed by atoms with Crippen LogP contribution in [-0.4, -0.2) is 23.3 Å². The fraction of sp³-hybridized carbons (Fsp3) is 0.643. The second-order valence-corrected chi connectivity index (χ2v) is 6.39. The van der Waals surface area contributed by atoms with Crippen LogP contribution >= 0.6 is 0 Å². The molecule has 1 aliphatic rings. The average Bonchev–Trinajstić information content (AvgIpc) is 2.47. The molecule has 104 valence electrons. The summed E-state index contributed by atoms with van der Waals surface area (Å²) in [6.07, 6.45) is 0. The summed E-state index contributed by atoms with van der Waals surface area (Å²) in [5, 5.41) is 0. The quantitative estimate of drug-likeness (QED) is 0.608. The number of aromatic nitrogens is 1. The van der Waals surface area contributed by atoms with Crippen molar-refractivity contribution >= 4 is 12.6 Å². The molecule has 0 amide bonds. The van der Waals surface area contributed by atoms with Gasteiger partial charge < -0.3 is 9.31 Å². The van der Waals surface area contributed by atoms with Gasteiger partial charge in [-0.05, 0) is 51.2 Å². The van der Waals surface area contributed by atoms with Crippen molar-refractivity contribution in [3.63, 3.8) is 0 Å². The minimum atomic E-state index is -0.542. The van der Waals surface area contributed by atoms with Gasteiger partial charge in [-0.1, -0.05) is 13.8 Å². The molecule has 1 fully saturated rings. The third kappa shape index (κ3) is 2.67. The highest BCUT2D eigenvalue weighted by atomic mass is 19.1. The van der Waals surface area contributed by atoms with E-state index in [1.165, 1.54) is 6.07 Å². The van der Waals surface area contributed by atoms with Crippen molar-refractivity contribution < 1.29 is 13.7 Å². The lowest BCUT2D eigenvalue weighted by Gasteiger charge is -2.32. The van der Waals surface area contributed by atoms with Gasteiger partial charge in [0.15, 0.2) is 0 Å². The van der Waals surface area contributed by atoms with Gasteiger partial charge in [-0.25, -0.2) is 4.98 Å². The summed E-state index contributed by atoms with van der Waals surface area (Å²) in [5.41, 5.74) is 0.560. The minimum absolute atomic E-state index is 0.164. The van der Waals surface area contributed by atoms with Crippen LogP contribution in [0.1, 0.15) is 53.2 Å². The van der Waals surface area contributed by atoms with E-state index < -0.39 is 24.3 Å². The van der Waals surface area contributed by atoms with Gasteiger partial charge in [0.05, 0.1) is 11.2 Å². The fourth-order valence-corrected chi connectivity index (χ4v) is 1.95. The van der Waals surface area contributed by atoms with E-state index in [4.69, 9.17) is 9.31 Å². The topological polar surface area (TPSA) is 31.4 Å². The number of pyridine rings is 1. The Morgan fingerprint density at radius 2 is 1.63 bits per heavy atom. The summed E-state index contributed by atoms with van der Waals surface area (Å²) in [4.78, 5) is 3.90. The summed E-state index contributed by atoms with van der Waals surface area (Å²) in [6.45, 7) is 11.9. The number of rotatable bonds is 2. The number of hydrogen-bond acceptors (Lipinski definition) is 3. The first kappa shape index (κ1) is 14.5. The van der Waals surface area contributed by atoms with Crippen LogP contribution in [0.15, 0.2) is 12.1 Å². The highest BCUT2D eigenvalue weighted by Crippen LogP contribution is 2.36. The number of nitrogens with zero attached hydrogens (tertiary/aromatic N) is 1. The molecule has 0 bridgehead atoms. The molecule has 0 atom stereocenters. The van der Waals surface area contributed by atoms with E-state index in [-0.39, 0.29) is 5.92 Å². The zero-order valence-electron chi connectivity index (χ0n) is 12.5. The van der Waals surface area contributed by atoms with E-state index in [0.29, 0.717) is 11.2 Å². The first-order valence-electron chi connectivity index (χ1n) is 6.65. The van der Waals surface area contributed by atoms with Gasteiger partial charge in [0.1, 0.15) is 0 Å². The smallest absolute Gasteiger partial charge is 0.399 e. The van der Waals surface area contributed by atoms with E-state index >= 15 is 0 Å². The van der Waals surface area contributed by atoms with Gasteiger partial charge in [0.25, 0.3) is 0 Å². The molecule has 1 aromatic heterocycles. The lowest BCUT2D eigenvalue weighted by molar-refractivity contribution is 0.00578. The third-order valence-corrected chi connectivity index (χ3v) is 3.95. The molecule has 1 saturated heterocycles. The molecule has 0 aliphatic carbocycles. The number of halogens is 1. The highest BCUT2D eigenvalue weighted by molar-refractivity contribution is 6.62. The number of hydrogen-bond donors (Lipinski definition) is 0. The Morgan fingerprint density at radius 1 is 1.11 bits per heavy atom. The molecule has 5 heteroatoms. The molecule has 2 rings (SSSR count). The molecule has 0 N–H and O–H groups in total. The van der Waals surface area contributed by atoms with Crippen LogP contribution in [0.3, 0.4) is 0 Å². The SMILES string of the molecule is CC(C)c1cc(B2OC(C)(C)C(C)(C)O2)cc(F)n1. The van der Waals surface area contributed by atoms with Crippen molar-refractivity contribution in [2.75, 3.05) is 0 Å². The summed E-state index contributed by atoms with van der Waals surface area (Å²) >= 11 is 0. The van der Waals surface area contributed by atoms with Crippen LogP contribution in [0.4, 0.5) is 4.39 Å². The van der Waals surface area contributed by atoms with Crippen molar-refractivity contribution in [3.8, 4) is 0 Å². The summed E-state index contributed by atoms with van der Waals surface area (Å²) in [6, 6.07) is 3.24.